The molecule has 5 heteroatoms. The topological polar surface area (TPSA) is 66.8 Å². The molecule has 0 saturated heterocycles. The van der Waals surface area contributed by atoms with Crippen LogP contribution < -0.4 is 0 Å². The van der Waals surface area contributed by atoms with Crippen LogP contribution in [0.3, 0.4) is 0 Å². The summed E-state index contributed by atoms with van der Waals surface area (Å²) in [5, 5.41) is 10.5. The normalized spacial score (nSPS) is 13.6. The van der Waals surface area contributed by atoms with Gasteiger partial charge in [0, 0.05) is 19.7 Å². The highest BCUT2D eigenvalue weighted by Crippen LogP contribution is 2.24. The van der Waals surface area contributed by atoms with Crippen LogP contribution in [-0.2, 0) is 19.9 Å². The molecule has 0 radical (unpaired) electrons. The second-order valence-corrected chi connectivity index (χ2v) is 4.00. The number of hydrogen-bond acceptors (Lipinski definition) is 4. The van der Waals surface area contributed by atoms with Crippen LogP contribution in [0.5, 0.6) is 0 Å². The van der Waals surface area contributed by atoms with E-state index in [2.05, 4.69) is 0 Å². The molecule has 98 valence electrons. The average Bonchev–Trinajstić information content (AvgIpc) is 2.38. The number of amides is 1. The van der Waals surface area contributed by atoms with Crippen molar-refractivity contribution in [3.8, 4) is 0 Å². The number of esters is 1. The first-order valence-corrected chi connectivity index (χ1v) is 5.61. The molecule has 1 N–H and O–H groups in total. The summed E-state index contributed by atoms with van der Waals surface area (Å²) >= 11 is 0. The lowest BCUT2D eigenvalue weighted by Gasteiger charge is -2.27. The van der Waals surface area contributed by atoms with Crippen LogP contribution in [0, 0.1) is 0 Å². The third-order valence-electron chi connectivity index (χ3n) is 2.48. The number of rotatable bonds is 4. The highest BCUT2D eigenvalue weighted by Gasteiger charge is 2.48. The molecule has 0 heterocycles. The third kappa shape index (κ3) is 2.51. The fourth-order valence-corrected chi connectivity index (χ4v) is 1.57. The molecule has 1 rings (SSSR count). The largest absolute Gasteiger partial charge is 0.463 e. The zero-order chi connectivity index (χ0) is 13.8. The predicted octanol–water partition coefficient (Wildman–Crippen LogP) is 0.525. The Labute approximate surface area is 106 Å². The van der Waals surface area contributed by atoms with Gasteiger partial charge in [-0.3, -0.25) is 4.79 Å². The molecule has 0 bridgehead atoms. The van der Waals surface area contributed by atoms with Crippen LogP contribution in [0.4, 0.5) is 0 Å². The van der Waals surface area contributed by atoms with Gasteiger partial charge in [-0.2, -0.15) is 0 Å². The van der Waals surface area contributed by atoms with Crippen molar-refractivity contribution in [1.29, 1.82) is 0 Å². The van der Waals surface area contributed by atoms with E-state index in [1.54, 1.807) is 25.1 Å². The van der Waals surface area contributed by atoms with E-state index in [0.29, 0.717) is 0 Å². The highest BCUT2D eigenvalue weighted by molar-refractivity contribution is 6.06. The lowest BCUT2D eigenvalue weighted by molar-refractivity contribution is -0.176. The van der Waals surface area contributed by atoms with Crippen molar-refractivity contribution in [3.05, 3.63) is 35.9 Å². The number of hydrogen-bond donors (Lipinski definition) is 1. The minimum Gasteiger partial charge on any atom is -0.463 e. The summed E-state index contributed by atoms with van der Waals surface area (Å²) in [4.78, 5) is 25.1. The highest BCUT2D eigenvalue weighted by atomic mass is 16.5. The molecule has 0 saturated carbocycles. The minimum atomic E-state index is -2.29. The van der Waals surface area contributed by atoms with Gasteiger partial charge in [0.15, 0.2) is 0 Å². The van der Waals surface area contributed by atoms with Crippen molar-refractivity contribution >= 4 is 11.9 Å². The van der Waals surface area contributed by atoms with E-state index in [-0.39, 0.29) is 12.2 Å². The number of ether oxygens (including phenoxy) is 1. The molecule has 1 aromatic carbocycles. The molecule has 0 spiro atoms. The first-order chi connectivity index (χ1) is 8.44. The Hall–Kier alpha value is -1.88. The van der Waals surface area contributed by atoms with Crippen molar-refractivity contribution in [2.75, 3.05) is 20.7 Å². The van der Waals surface area contributed by atoms with E-state index < -0.39 is 17.5 Å². The third-order valence-corrected chi connectivity index (χ3v) is 2.48. The molecule has 0 aliphatic heterocycles. The molecule has 0 aromatic heterocycles. The van der Waals surface area contributed by atoms with Crippen molar-refractivity contribution in [2.24, 2.45) is 0 Å². The standard InChI is InChI=1S/C13H17NO4/c1-4-18-12(16)13(17,11(15)14(2)3)10-8-6-5-7-9-10/h5-9,17H,4H2,1-3H3/t13-/m0/s1. The van der Waals surface area contributed by atoms with Gasteiger partial charge in [-0.15, -0.1) is 0 Å². The van der Waals surface area contributed by atoms with Gasteiger partial charge in [0.2, 0.25) is 0 Å². The maximum absolute atomic E-state index is 12.1. The van der Waals surface area contributed by atoms with E-state index in [4.69, 9.17) is 4.74 Å². The monoisotopic (exact) mass is 251 g/mol. The van der Waals surface area contributed by atoms with Gasteiger partial charge in [0.25, 0.3) is 11.5 Å². The van der Waals surface area contributed by atoms with Crippen LogP contribution in [0.25, 0.3) is 0 Å². The summed E-state index contributed by atoms with van der Waals surface area (Å²) in [6, 6.07) is 8.04. The first-order valence-electron chi connectivity index (χ1n) is 5.61. The Balaban J connectivity index is 3.26. The summed E-state index contributed by atoms with van der Waals surface area (Å²) in [6.45, 7) is 1.71. The van der Waals surface area contributed by atoms with Crippen molar-refractivity contribution < 1.29 is 19.4 Å². The predicted molar refractivity (Wildman–Crippen MR) is 65.7 cm³/mol. The number of benzene rings is 1. The van der Waals surface area contributed by atoms with Crippen LogP contribution in [0.2, 0.25) is 0 Å². The van der Waals surface area contributed by atoms with E-state index in [9.17, 15) is 14.7 Å². The molecular formula is C13H17NO4. The van der Waals surface area contributed by atoms with Gasteiger partial charge >= 0.3 is 5.97 Å². The van der Waals surface area contributed by atoms with Gasteiger partial charge in [0.1, 0.15) is 0 Å². The van der Waals surface area contributed by atoms with Crippen LogP contribution in [0.15, 0.2) is 30.3 Å². The van der Waals surface area contributed by atoms with Crippen LogP contribution in [-0.4, -0.2) is 42.6 Å². The zero-order valence-electron chi connectivity index (χ0n) is 10.7. The number of carbonyl (C=O) groups is 2. The second kappa shape index (κ2) is 5.64. The van der Waals surface area contributed by atoms with E-state index >= 15 is 0 Å². The fourth-order valence-electron chi connectivity index (χ4n) is 1.57. The fraction of sp³-hybridized carbons (Fsp3) is 0.385. The molecule has 0 aliphatic carbocycles. The van der Waals surface area contributed by atoms with Gasteiger partial charge < -0.3 is 14.7 Å². The lowest BCUT2D eigenvalue weighted by atomic mass is 9.92. The molecule has 0 unspecified atom stereocenters. The Morgan fingerprint density at radius 3 is 2.28 bits per heavy atom. The van der Waals surface area contributed by atoms with E-state index in [0.717, 1.165) is 4.90 Å². The molecule has 1 atom stereocenters. The quantitative estimate of drug-likeness (QED) is 0.626. The molecule has 5 nitrogen and oxygen atoms in total. The van der Waals surface area contributed by atoms with Gasteiger partial charge in [-0.25, -0.2) is 4.79 Å². The molecule has 0 fully saturated rings. The van der Waals surface area contributed by atoms with E-state index in [1.807, 2.05) is 0 Å². The summed E-state index contributed by atoms with van der Waals surface area (Å²) in [6.07, 6.45) is 0. The summed E-state index contributed by atoms with van der Waals surface area (Å²) in [7, 11) is 2.94. The number of likely N-dealkylation sites (N-methyl/N-ethyl adjacent to an activating group) is 1. The first kappa shape index (κ1) is 14.2. The number of carbonyl (C=O) groups excluding carboxylic acids is 2. The summed E-state index contributed by atoms with van der Waals surface area (Å²) in [5.74, 6) is -1.69. The van der Waals surface area contributed by atoms with Crippen molar-refractivity contribution in [2.45, 2.75) is 12.5 Å². The summed E-state index contributed by atoms with van der Waals surface area (Å²) in [5.41, 5.74) is -2.09. The number of aliphatic hydroxyl groups is 1. The maximum atomic E-state index is 12.1. The lowest BCUT2D eigenvalue weighted by Crippen LogP contribution is -2.50. The summed E-state index contributed by atoms with van der Waals surface area (Å²) < 4.78 is 4.80. The molecule has 0 aliphatic rings. The van der Waals surface area contributed by atoms with Crippen molar-refractivity contribution in [3.63, 3.8) is 0 Å². The van der Waals surface area contributed by atoms with E-state index in [1.165, 1.54) is 26.2 Å². The molecule has 18 heavy (non-hydrogen) atoms. The Morgan fingerprint density at radius 1 is 1.28 bits per heavy atom. The van der Waals surface area contributed by atoms with Gasteiger partial charge in [-0.1, -0.05) is 30.3 Å². The van der Waals surface area contributed by atoms with Crippen molar-refractivity contribution in [1.82, 2.24) is 4.90 Å². The second-order valence-electron chi connectivity index (χ2n) is 4.00. The van der Waals surface area contributed by atoms with Gasteiger partial charge in [-0.05, 0) is 6.92 Å². The number of nitrogens with zero attached hydrogens (tertiary/aromatic N) is 1. The smallest absolute Gasteiger partial charge is 0.352 e. The van der Waals surface area contributed by atoms with Gasteiger partial charge in [0.05, 0.1) is 6.61 Å². The average molecular weight is 251 g/mol. The molecule has 1 amide bonds. The van der Waals surface area contributed by atoms with Crippen LogP contribution >= 0.6 is 0 Å². The Kier molecular flexibility index (Phi) is 4.44. The maximum Gasteiger partial charge on any atom is 0.352 e. The molecular weight excluding hydrogens is 234 g/mol. The zero-order valence-corrected chi connectivity index (χ0v) is 10.7. The Morgan fingerprint density at radius 2 is 1.83 bits per heavy atom. The van der Waals surface area contributed by atoms with Crippen LogP contribution in [0.1, 0.15) is 12.5 Å². The SMILES string of the molecule is CCOC(=O)[C@@](O)(C(=O)N(C)C)c1ccccc1. The Bertz CT molecular complexity index is 430. The minimum absolute atomic E-state index is 0.0919. The molecule has 1 aromatic rings.